The molecule has 2 aromatic rings. The van der Waals surface area contributed by atoms with Gasteiger partial charge < -0.3 is 10.3 Å². The molecule has 1 saturated carbocycles. The quantitative estimate of drug-likeness (QED) is 0.864. The maximum atomic E-state index is 12.1. The number of hydrogen-bond acceptors (Lipinski definition) is 6. The monoisotopic (exact) mass is 350 g/mol. The van der Waals surface area contributed by atoms with E-state index in [2.05, 4.69) is 10.2 Å². The second kappa shape index (κ2) is 7.27. The Hall–Kier alpha value is -1.67. The first kappa shape index (κ1) is 16.2. The number of carbonyl (C=O) groups is 2. The Morgan fingerprint density at radius 1 is 1.43 bits per heavy atom. The number of Topliss-reactive ketones (excluding diaryl/α,β-unsaturated/α-hetero) is 1. The number of carbonyl (C=O) groups excluding carboxylic acids is 2. The Labute approximate surface area is 142 Å². The summed E-state index contributed by atoms with van der Waals surface area (Å²) in [6.45, 7) is 0.429. The molecule has 0 radical (unpaired) electrons. The lowest BCUT2D eigenvalue weighted by Gasteiger charge is -2.19. The predicted molar refractivity (Wildman–Crippen MR) is 90.3 cm³/mol. The number of ketones is 1. The minimum atomic E-state index is -0.361. The van der Waals surface area contributed by atoms with Gasteiger partial charge in [0, 0.05) is 19.4 Å². The van der Waals surface area contributed by atoms with Crippen LogP contribution in [0, 0.1) is 0 Å². The highest BCUT2D eigenvalue weighted by Gasteiger charge is 2.26. The van der Waals surface area contributed by atoms with E-state index in [1.54, 1.807) is 11.3 Å². The number of amides is 1. The Morgan fingerprint density at radius 3 is 3.00 bits per heavy atom. The lowest BCUT2D eigenvalue weighted by Crippen LogP contribution is -2.22. The van der Waals surface area contributed by atoms with Crippen molar-refractivity contribution in [1.29, 1.82) is 0 Å². The smallest absolute Gasteiger partial charge is 0.219 e. The summed E-state index contributed by atoms with van der Waals surface area (Å²) in [5.74, 6) is 0.649. The third-order valence-electron chi connectivity index (χ3n) is 3.79. The molecule has 6 nitrogen and oxygen atoms in total. The molecule has 1 amide bonds. The summed E-state index contributed by atoms with van der Waals surface area (Å²) in [6.07, 6.45) is 3.79. The Morgan fingerprint density at radius 2 is 2.30 bits per heavy atom. The summed E-state index contributed by atoms with van der Waals surface area (Å²) in [7, 11) is 0. The van der Waals surface area contributed by atoms with Crippen LogP contribution in [-0.2, 0) is 16.1 Å². The Bertz CT molecular complexity index is 696. The van der Waals surface area contributed by atoms with Gasteiger partial charge in [0.2, 0.25) is 5.91 Å². The summed E-state index contributed by atoms with van der Waals surface area (Å²) in [6, 6.07) is 3.92. The average molecular weight is 350 g/mol. The van der Waals surface area contributed by atoms with Crippen molar-refractivity contribution in [3.8, 4) is 10.7 Å². The molecule has 0 spiro atoms. The van der Waals surface area contributed by atoms with Gasteiger partial charge in [0.05, 0.1) is 10.1 Å². The fourth-order valence-electron chi connectivity index (χ4n) is 2.59. The van der Waals surface area contributed by atoms with Crippen molar-refractivity contribution in [2.45, 2.75) is 49.1 Å². The van der Waals surface area contributed by atoms with Gasteiger partial charge in [-0.15, -0.1) is 21.5 Å². The van der Waals surface area contributed by atoms with Crippen molar-refractivity contribution in [1.82, 2.24) is 14.8 Å². The molecular formula is C15H18N4O2S2. The molecule has 2 N–H and O–H groups in total. The molecule has 0 aliphatic heterocycles. The van der Waals surface area contributed by atoms with Crippen LogP contribution < -0.4 is 5.73 Å². The third kappa shape index (κ3) is 3.81. The number of hydrogen-bond donors (Lipinski definition) is 1. The molecule has 0 saturated heterocycles. The summed E-state index contributed by atoms with van der Waals surface area (Å²) in [5, 5.41) is 11.1. The maximum absolute atomic E-state index is 12.1. The minimum absolute atomic E-state index is 0.0588. The molecule has 3 rings (SSSR count). The number of nitrogens with two attached hydrogens (primary N) is 1. The number of thiophene rings is 1. The van der Waals surface area contributed by atoms with Crippen LogP contribution in [0.5, 0.6) is 0 Å². The van der Waals surface area contributed by atoms with E-state index < -0.39 is 0 Å². The molecule has 1 aliphatic rings. The molecule has 8 heteroatoms. The van der Waals surface area contributed by atoms with Crippen LogP contribution in [0.25, 0.3) is 10.7 Å². The van der Waals surface area contributed by atoms with E-state index >= 15 is 0 Å². The zero-order chi connectivity index (χ0) is 16.2. The predicted octanol–water partition coefficient (Wildman–Crippen LogP) is 2.49. The van der Waals surface area contributed by atoms with Crippen LogP contribution in [0.3, 0.4) is 0 Å². The average Bonchev–Trinajstić information content (AvgIpc) is 3.17. The van der Waals surface area contributed by atoms with E-state index in [9.17, 15) is 9.59 Å². The number of nitrogens with zero attached hydrogens (tertiary/aromatic N) is 3. The lowest BCUT2D eigenvalue weighted by atomic mass is 9.99. The normalized spacial score (nSPS) is 18.3. The van der Waals surface area contributed by atoms with Gasteiger partial charge in [-0.2, -0.15) is 0 Å². The van der Waals surface area contributed by atoms with Crippen LogP contribution in [0.15, 0.2) is 22.7 Å². The van der Waals surface area contributed by atoms with Crippen molar-refractivity contribution < 1.29 is 9.59 Å². The first-order valence-electron chi connectivity index (χ1n) is 7.60. The van der Waals surface area contributed by atoms with E-state index in [1.165, 1.54) is 11.8 Å². The Balaban J connectivity index is 1.86. The second-order valence-electron chi connectivity index (χ2n) is 5.47. The second-order valence-corrected chi connectivity index (χ2v) is 7.59. The van der Waals surface area contributed by atoms with E-state index in [0.29, 0.717) is 18.1 Å². The molecule has 1 fully saturated rings. The number of primary amides is 1. The highest BCUT2D eigenvalue weighted by Crippen LogP contribution is 2.33. The third-order valence-corrected chi connectivity index (χ3v) is 5.95. The molecule has 1 aliphatic carbocycles. The van der Waals surface area contributed by atoms with E-state index in [0.717, 1.165) is 30.0 Å². The van der Waals surface area contributed by atoms with Crippen molar-refractivity contribution in [3.63, 3.8) is 0 Å². The summed E-state index contributed by atoms with van der Waals surface area (Å²) < 4.78 is 1.91. The first-order chi connectivity index (χ1) is 11.1. The molecular weight excluding hydrogens is 332 g/mol. The molecule has 1 atom stereocenters. The van der Waals surface area contributed by atoms with Crippen LogP contribution in [-0.4, -0.2) is 31.7 Å². The summed E-state index contributed by atoms with van der Waals surface area (Å²) >= 11 is 3.03. The number of aromatic nitrogens is 3. The van der Waals surface area contributed by atoms with E-state index in [1.807, 2.05) is 22.1 Å². The number of rotatable bonds is 6. The molecule has 1 unspecified atom stereocenters. The van der Waals surface area contributed by atoms with E-state index in [-0.39, 0.29) is 23.4 Å². The van der Waals surface area contributed by atoms with Gasteiger partial charge in [-0.1, -0.05) is 24.2 Å². The van der Waals surface area contributed by atoms with Gasteiger partial charge in [0.1, 0.15) is 5.78 Å². The van der Waals surface area contributed by atoms with Gasteiger partial charge in [-0.05, 0) is 24.3 Å². The molecule has 23 heavy (non-hydrogen) atoms. The topological polar surface area (TPSA) is 90.9 Å². The van der Waals surface area contributed by atoms with Crippen LogP contribution in [0.2, 0.25) is 0 Å². The van der Waals surface area contributed by atoms with Crippen LogP contribution in [0.1, 0.15) is 32.1 Å². The van der Waals surface area contributed by atoms with Gasteiger partial charge in [-0.3, -0.25) is 9.59 Å². The summed E-state index contributed by atoms with van der Waals surface area (Å²) in [5.41, 5.74) is 5.28. The van der Waals surface area contributed by atoms with Crippen molar-refractivity contribution in [2.24, 2.45) is 5.73 Å². The van der Waals surface area contributed by atoms with Gasteiger partial charge in [0.25, 0.3) is 0 Å². The molecule has 2 aromatic heterocycles. The first-order valence-corrected chi connectivity index (χ1v) is 9.36. The lowest BCUT2D eigenvalue weighted by molar-refractivity contribution is -0.120. The van der Waals surface area contributed by atoms with Crippen LogP contribution >= 0.6 is 23.1 Å². The van der Waals surface area contributed by atoms with Gasteiger partial charge in [-0.25, -0.2) is 0 Å². The van der Waals surface area contributed by atoms with Gasteiger partial charge in [0.15, 0.2) is 11.0 Å². The zero-order valence-electron chi connectivity index (χ0n) is 12.6. The van der Waals surface area contributed by atoms with Crippen molar-refractivity contribution in [3.05, 3.63) is 17.5 Å². The fourth-order valence-corrected chi connectivity index (χ4v) is 4.49. The molecule has 2 heterocycles. The largest absolute Gasteiger partial charge is 0.370 e. The molecule has 0 aromatic carbocycles. The van der Waals surface area contributed by atoms with Crippen LogP contribution in [0.4, 0.5) is 0 Å². The Kier molecular flexibility index (Phi) is 5.12. The maximum Gasteiger partial charge on any atom is 0.219 e. The summed E-state index contributed by atoms with van der Waals surface area (Å²) in [4.78, 5) is 24.2. The van der Waals surface area contributed by atoms with E-state index in [4.69, 9.17) is 5.73 Å². The minimum Gasteiger partial charge on any atom is -0.370 e. The highest BCUT2D eigenvalue weighted by molar-refractivity contribution is 8.00. The van der Waals surface area contributed by atoms with Crippen molar-refractivity contribution >= 4 is 34.8 Å². The number of thioether (sulfide) groups is 1. The van der Waals surface area contributed by atoms with Crippen molar-refractivity contribution in [2.75, 3.05) is 0 Å². The SMILES string of the molecule is NC(=O)CCn1c(SC2CCCCC2=O)nnc1-c1cccs1. The zero-order valence-corrected chi connectivity index (χ0v) is 14.2. The fraction of sp³-hybridized carbons (Fsp3) is 0.467. The van der Waals surface area contributed by atoms with Gasteiger partial charge >= 0.3 is 0 Å². The molecule has 122 valence electrons. The molecule has 0 bridgehead atoms. The highest BCUT2D eigenvalue weighted by atomic mass is 32.2. The standard InChI is InChI=1S/C15H18N4O2S2/c16-13(21)7-8-19-14(12-6-3-9-22-12)17-18-15(19)23-11-5-2-1-4-10(11)20/h3,6,9,11H,1-2,4-5,7-8H2,(H2,16,21).